The Bertz CT molecular complexity index is 574. The van der Waals surface area contributed by atoms with Gasteiger partial charge in [-0.2, -0.15) is 0 Å². The third-order valence-electron chi connectivity index (χ3n) is 4.98. The summed E-state index contributed by atoms with van der Waals surface area (Å²) < 4.78 is 11.4. The Balaban J connectivity index is 1.98. The number of methoxy groups -OCH3 is 1. The molecule has 1 N–H and O–H groups in total. The van der Waals surface area contributed by atoms with Gasteiger partial charge in [0.25, 0.3) is 0 Å². The van der Waals surface area contributed by atoms with Crippen LogP contribution in [0.4, 0.5) is 0 Å². The zero-order valence-electron chi connectivity index (χ0n) is 12.7. The summed E-state index contributed by atoms with van der Waals surface area (Å²) in [5.74, 6) is 0.286. The fraction of sp³-hybridized carbons (Fsp3) is 0.588. The maximum absolute atomic E-state index is 11.7. The number of carboxylic acid groups (broad SMARTS) is 1. The fourth-order valence-corrected chi connectivity index (χ4v) is 3.76. The van der Waals surface area contributed by atoms with Crippen LogP contribution in [0.5, 0.6) is 11.5 Å². The van der Waals surface area contributed by atoms with Crippen molar-refractivity contribution in [1.29, 1.82) is 0 Å². The topological polar surface area (TPSA) is 55.8 Å². The van der Waals surface area contributed by atoms with Crippen molar-refractivity contribution in [3.63, 3.8) is 0 Å². The monoisotopic (exact) mass is 324 g/mol. The highest BCUT2D eigenvalue weighted by Crippen LogP contribution is 2.48. The van der Waals surface area contributed by atoms with Crippen molar-refractivity contribution in [2.45, 2.75) is 56.5 Å². The van der Waals surface area contributed by atoms with Crippen molar-refractivity contribution in [1.82, 2.24) is 0 Å². The number of aliphatic carboxylic acids is 1. The summed E-state index contributed by atoms with van der Waals surface area (Å²) in [5, 5.41) is 10.0. The summed E-state index contributed by atoms with van der Waals surface area (Å²) >= 11 is 6.31. The fourth-order valence-electron chi connectivity index (χ4n) is 3.47. The Hall–Kier alpha value is -1.42. The van der Waals surface area contributed by atoms with Crippen LogP contribution in [0.25, 0.3) is 0 Å². The number of carboxylic acids is 1. The molecule has 0 atom stereocenters. The molecule has 0 bridgehead atoms. The molecule has 0 amide bonds. The summed E-state index contributed by atoms with van der Waals surface area (Å²) in [7, 11) is 1.55. The van der Waals surface area contributed by atoms with Crippen molar-refractivity contribution in [3.05, 3.63) is 22.7 Å². The average Bonchev–Trinajstić information content (AvgIpc) is 2.89. The molecule has 22 heavy (non-hydrogen) atoms. The Morgan fingerprint density at radius 3 is 2.45 bits per heavy atom. The second-order valence-corrected chi connectivity index (χ2v) is 6.66. The summed E-state index contributed by atoms with van der Waals surface area (Å²) in [6.45, 7) is 0. The Kier molecular flexibility index (Phi) is 4.22. The first-order valence-electron chi connectivity index (χ1n) is 7.85. The molecule has 2 fully saturated rings. The van der Waals surface area contributed by atoms with E-state index < -0.39 is 11.4 Å². The molecule has 2 aliphatic carbocycles. The van der Waals surface area contributed by atoms with Crippen LogP contribution in [0.3, 0.4) is 0 Å². The van der Waals surface area contributed by atoms with Crippen molar-refractivity contribution >= 4 is 17.6 Å². The van der Waals surface area contributed by atoms with Crippen LogP contribution in [-0.2, 0) is 10.2 Å². The normalized spacial score (nSPS) is 20.5. The van der Waals surface area contributed by atoms with Gasteiger partial charge >= 0.3 is 5.97 Å². The molecular formula is C17H21ClO4. The molecule has 0 unspecified atom stereocenters. The molecular weight excluding hydrogens is 304 g/mol. The smallest absolute Gasteiger partial charge is 0.314 e. The number of carbonyl (C=O) groups is 1. The summed E-state index contributed by atoms with van der Waals surface area (Å²) in [6, 6.07) is 3.53. The van der Waals surface area contributed by atoms with Gasteiger partial charge in [0.15, 0.2) is 11.5 Å². The number of ether oxygens (including phenoxy) is 2. The molecule has 0 heterocycles. The molecule has 1 aromatic carbocycles. The van der Waals surface area contributed by atoms with E-state index in [-0.39, 0.29) is 6.10 Å². The molecule has 3 rings (SSSR count). The van der Waals surface area contributed by atoms with Crippen LogP contribution < -0.4 is 9.47 Å². The van der Waals surface area contributed by atoms with E-state index >= 15 is 0 Å². The number of rotatable bonds is 5. The lowest BCUT2D eigenvalue weighted by molar-refractivity contribution is -0.147. The minimum Gasteiger partial charge on any atom is -0.491 e. The maximum atomic E-state index is 11.7. The molecule has 2 aliphatic rings. The van der Waals surface area contributed by atoms with Gasteiger partial charge in [0.2, 0.25) is 0 Å². The van der Waals surface area contributed by atoms with Gasteiger partial charge in [-0.15, -0.1) is 0 Å². The van der Waals surface area contributed by atoms with E-state index in [1.54, 1.807) is 13.2 Å². The average molecular weight is 325 g/mol. The van der Waals surface area contributed by atoms with Gasteiger partial charge in [0.1, 0.15) is 0 Å². The van der Waals surface area contributed by atoms with Crippen molar-refractivity contribution in [2.24, 2.45) is 0 Å². The quantitative estimate of drug-likeness (QED) is 0.883. The predicted molar refractivity (Wildman–Crippen MR) is 84.1 cm³/mol. The SMILES string of the molecule is COc1c(Cl)cc(C2(C(=O)O)CCC2)cc1OC1CCCC1. The van der Waals surface area contributed by atoms with Gasteiger partial charge in [0.05, 0.1) is 23.7 Å². The lowest BCUT2D eigenvalue weighted by Gasteiger charge is -2.38. The largest absolute Gasteiger partial charge is 0.491 e. The first-order chi connectivity index (χ1) is 10.6. The van der Waals surface area contributed by atoms with Gasteiger partial charge in [0, 0.05) is 0 Å². The lowest BCUT2D eigenvalue weighted by Crippen LogP contribution is -2.42. The van der Waals surface area contributed by atoms with E-state index in [1.165, 1.54) is 12.8 Å². The third kappa shape index (κ3) is 2.54. The molecule has 0 radical (unpaired) electrons. The van der Waals surface area contributed by atoms with Crippen LogP contribution in [0, 0.1) is 0 Å². The Labute approximate surface area is 135 Å². The lowest BCUT2D eigenvalue weighted by atomic mass is 9.64. The molecule has 2 saturated carbocycles. The van der Waals surface area contributed by atoms with Gasteiger partial charge in [-0.1, -0.05) is 18.0 Å². The highest BCUT2D eigenvalue weighted by atomic mass is 35.5. The minimum atomic E-state index is -0.816. The van der Waals surface area contributed by atoms with Crippen molar-refractivity contribution in [3.8, 4) is 11.5 Å². The molecule has 5 heteroatoms. The number of halogens is 1. The van der Waals surface area contributed by atoms with Crippen LogP contribution >= 0.6 is 11.6 Å². The van der Waals surface area contributed by atoms with Gasteiger partial charge in [-0.25, -0.2) is 0 Å². The van der Waals surface area contributed by atoms with Gasteiger partial charge < -0.3 is 14.6 Å². The Morgan fingerprint density at radius 1 is 1.27 bits per heavy atom. The van der Waals surface area contributed by atoms with E-state index in [2.05, 4.69) is 0 Å². The third-order valence-corrected chi connectivity index (χ3v) is 5.26. The second kappa shape index (κ2) is 5.99. The van der Waals surface area contributed by atoms with Crippen molar-refractivity contribution < 1.29 is 19.4 Å². The van der Waals surface area contributed by atoms with Gasteiger partial charge in [-0.3, -0.25) is 4.79 Å². The highest BCUT2D eigenvalue weighted by Gasteiger charge is 2.46. The van der Waals surface area contributed by atoms with E-state index in [1.807, 2.05) is 6.07 Å². The first kappa shape index (κ1) is 15.5. The zero-order valence-corrected chi connectivity index (χ0v) is 13.5. The predicted octanol–water partition coefficient (Wildman–Crippen LogP) is 4.18. The number of hydrogen-bond acceptors (Lipinski definition) is 3. The van der Waals surface area contributed by atoms with Crippen LogP contribution in [-0.4, -0.2) is 24.3 Å². The highest BCUT2D eigenvalue weighted by molar-refractivity contribution is 6.32. The van der Waals surface area contributed by atoms with E-state index in [4.69, 9.17) is 21.1 Å². The molecule has 0 saturated heterocycles. The Morgan fingerprint density at radius 2 is 1.95 bits per heavy atom. The van der Waals surface area contributed by atoms with Crippen LogP contribution in [0.1, 0.15) is 50.5 Å². The molecule has 4 nitrogen and oxygen atoms in total. The molecule has 0 aliphatic heterocycles. The van der Waals surface area contributed by atoms with E-state index in [0.717, 1.165) is 24.8 Å². The standard InChI is InChI=1S/C17H21ClO4/c1-21-15-13(18)9-11(17(16(19)20)7-4-8-17)10-14(15)22-12-5-2-3-6-12/h9-10,12H,2-8H2,1H3,(H,19,20). The van der Waals surface area contributed by atoms with E-state index in [9.17, 15) is 9.90 Å². The molecule has 0 aromatic heterocycles. The summed E-state index contributed by atoms with van der Waals surface area (Å²) in [4.78, 5) is 11.7. The zero-order chi connectivity index (χ0) is 15.7. The summed E-state index contributed by atoms with van der Waals surface area (Å²) in [5.41, 5.74) is -0.0889. The maximum Gasteiger partial charge on any atom is 0.314 e. The molecule has 0 spiro atoms. The first-order valence-corrected chi connectivity index (χ1v) is 8.23. The second-order valence-electron chi connectivity index (χ2n) is 6.25. The number of benzene rings is 1. The molecule has 120 valence electrons. The minimum absolute atomic E-state index is 0.169. The van der Waals surface area contributed by atoms with Gasteiger partial charge in [-0.05, 0) is 56.2 Å². The number of hydrogen-bond donors (Lipinski definition) is 1. The summed E-state index contributed by atoms with van der Waals surface area (Å²) in [6.07, 6.45) is 6.77. The van der Waals surface area contributed by atoms with E-state index in [0.29, 0.717) is 29.4 Å². The molecule has 1 aromatic rings. The van der Waals surface area contributed by atoms with Crippen molar-refractivity contribution in [2.75, 3.05) is 7.11 Å². The van der Waals surface area contributed by atoms with Crippen LogP contribution in [0.2, 0.25) is 5.02 Å². The van der Waals surface area contributed by atoms with Crippen LogP contribution in [0.15, 0.2) is 12.1 Å².